The van der Waals surface area contributed by atoms with Gasteiger partial charge in [-0.2, -0.15) is 0 Å². The van der Waals surface area contributed by atoms with Crippen molar-refractivity contribution < 1.29 is 18.9 Å². The van der Waals surface area contributed by atoms with Crippen LogP contribution in [0.1, 0.15) is 223 Å². The monoisotopic (exact) mass is 977 g/mol. The van der Waals surface area contributed by atoms with Gasteiger partial charge in [0.1, 0.15) is 23.0 Å². The molecule has 0 unspecified atom stereocenters. The van der Waals surface area contributed by atoms with Gasteiger partial charge in [0.2, 0.25) is 0 Å². The van der Waals surface area contributed by atoms with Crippen molar-refractivity contribution in [3.05, 3.63) is 166 Å². The van der Waals surface area contributed by atoms with Crippen molar-refractivity contribution in [2.24, 2.45) is 0 Å². The SMILES string of the molecule is C=CCc1cc2c(OCCCCCCC)c(c1)Cc1cc(CC=C)cc(c1OCCCCCCC)Cc1cc(CC=C)cc(c1OCCCCCCC)Cc1cc(CC=C)cc(c1OCCCCCCC)C2. The summed E-state index contributed by atoms with van der Waals surface area (Å²) in [5.41, 5.74) is 14.6. The Kier molecular flexibility index (Phi) is 27.1. The molecule has 72 heavy (non-hydrogen) atoms. The molecule has 5 rings (SSSR count). The molecule has 0 saturated carbocycles. The second kappa shape index (κ2) is 33.7. The maximum absolute atomic E-state index is 7.17. The third-order valence-corrected chi connectivity index (χ3v) is 14.2. The molecule has 0 aliphatic heterocycles. The normalized spacial score (nSPS) is 12.1. The maximum Gasteiger partial charge on any atom is 0.126 e. The van der Waals surface area contributed by atoms with E-state index in [1.165, 1.54) is 169 Å². The van der Waals surface area contributed by atoms with Crippen LogP contribution in [0.2, 0.25) is 0 Å². The van der Waals surface area contributed by atoms with Gasteiger partial charge < -0.3 is 18.9 Å². The summed E-state index contributed by atoms with van der Waals surface area (Å²) in [5.74, 6) is 4.01. The molecule has 0 spiro atoms. The van der Waals surface area contributed by atoms with E-state index in [2.05, 4.69) is 103 Å². The van der Waals surface area contributed by atoms with Gasteiger partial charge in [0.25, 0.3) is 0 Å². The summed E-state index contributed by atoms with van der Waals surface area (Å²) in [6.45, 7) is 28.8. The van der Waals surface area contributed by atoms with E-state index < -0.39 is 0 Å². The Hall–Kier alpha value is -4.96. The standard InChI is InChI=1S/C68H96O4/c1-9-17-21-25-29-37-69-65-57-41-53(33-13-5)42-58(65)50-60-44-55(35-15-7)46-62(67(60)71-39-31-27-23-19-11-3)52-64-48-56(36-16-8)47-63(68(64)72-40-32-28-24-20-12-4)51-61-45-54(34-14-6)43-59(49-57)66(61)70-38-30-26-22-18-10-2/h13-16,41-48H,5-12,17-40,49-52H2,1-4H3. The molecule has 4 aromatic rings. The van der Waals surface area contributed by atoms with Gasteiger partial charge in [-0.1, -0.05) is 203 Å². The van der Waals surface area contributed by atoms with E-state index in [-0.39, 0.29) is 0 Å². The lowest BCUT2D eigenvalue weighted by Gasteiger charge is -2.25. The molecule has 8 bridgehead atoms. The summed E-state index contributed by atoms with van der Waals surface area (Å²) < 4.78 is 28.7. The smallest absolute Gasteiger partial charge is 0.126 e. The highest BCUT2D eigenvalue weighted by Crippen LogP contribution is 2.41. The van der Waals surface area contributed by atoms with E-state index >= 15 is 0 Å². The molecule has 0 saturated heterocycles. The fourth-order valence-corrected chi connectivity index (χ4v) is 10.6. The lowest BCUT2D eigenvalue weighted by Crippen LogP contribution is -2.12. The van der Waals surface area contributed by atoms with Crippen molar-refractivity contribution in [3.8, 4) is 23.0 Å². The van der Waals surface area contributed by atoms with Crippen LogP contribution < -0.4 is 18.9 Å². The number of unbranched alkanes of at least 4 members (excludes halogenated alkanes) is 16. The van der Waals surface area contributed by atoms with E-state index in [0.29, 0.717) is 52.1 Å². The minimum atomic E-state index is 0.679. The molecule has 0 N–H and O–H groups in total. The molecule has 1 aliphatic carbocycles. The third-order valence-electron chi connectivity index (χ3n) is 14.2. The zero-order valence-electron chi connectivity index (χ0n) is 46.0. The Balaban J connectivity index is 1.83. The highest BCUT2D eigenvalue weighted by Gasteiger charge is 2.25. The molecule has 4 aromatic carbocycles. The van der Waals surface area contributed by atoms with Gasteiger partial charge in [-0.05, 0) is 118 Å². The first-order valence-corrected chi connectivity index (χ1v) is 28.9. The first-order valence-electron chi connectivity index (χ1n) is 28.9. The van der Waals surface area contributed by atoms with E-state index in [1.807, 2.05) is 24.3 Å². The van der Waals surface area contributed by atoms with Crippen molar-refractivity contribution in [2.45, 2.75) is 207 Å². The highest BCUT2D eigenvalue weighted by atomic mass is 16.5. The number of allylic oxidation sites excluding steroid dienone is 4. The average Bonchev–Trinajstić information content (AvgIpc) is 3.36. The van der Waals surface area contributed by atoms with Crippen LogP contribution in [0.5, 0.6) is 23.0 Å². The lowest BCUT2D eigenvalue weighted by molar-refractivity contribution is 0.293. The Morgan fingerprint density at radius 1 is 0.292 bits per heavy atom. The number of rotatable bonds is 36. The van der Waals surface area contributed by atoms with Gasteiger partial charge in [-0.15, -0.1) is 26.3 Å². The summed E-state index contributed by atoms with van der Waals surface area (Å²) in [5, 5.41) is 0. The zero-order chi connectivity index (χ0) is 51.2. The molecule has 0 heterocycles. The van der Waals surface area contributed by atoms with Crippen LogP contribution in [0.4, 0.5) is 0 Å². The lowest BCUT2D eigenvalue weighted by atomic mass is 9.87. The van der Waals surface area contributed by atoms with Crippen LogP contribution in [0.25, 0.3) is 0 Å². The Labute approximate surface area is 439 Å². The van der Waals surface area contributed by atoms with E-state index in [0.717, 1.165) is 74.4 Å². The van der Waals surface area contributed by atoms with Gasteiger partial charge in [0.05, 0.1) is 26.4 Å². The van der Waals surface area contributed by atoms with Crippen LogP contribution in [-0.4, -0.2) is 26.4 Å². The molecule has 1 aliphatic rings. The van der Waals surface area contributed by atoms with Crippen LogP contribution in [0.15, 0.2) is 99.2 Å². The predicted octanol–water partition coefficient (Wildman–Crippen LogP) is 18.7. The van der Waals surface area contributed by atoms with Crippen molar-refractivity contribution in [1.82, 2.24) is 0 Å². The minimum Gasteiger partial charge on any atom is -0.493 e. The van der Waals surface area contributed by atoms with Gasteiger partial charge in [-0.25, -0.2) is 0 Å². The molecule has 392 valence electrons. The second-order valence-corrected chi connectivity index (χ2v) is 20.7. The third kappa shape index (κ3) is 18.8. The molecule has 4 heteroatoms. The predicted molar refractivity (Wildman–Crippen MR) is 310 cm³/mol. The quantitative estimate of drug-likeness (QED) is 0.0296. The van der Waals surface area contributed by atoms with Gasteiger partial charge in [0.15, 0.2) is 0 Å². The second-order valence-electron chi connectivity index (χ2n) is 20.7. The van der Waals surface area contributed by atoms with Gasteiger partial charge in [0, 0.05) is 25.7 Å². The van der Waals surface area contributed by atoms with Crippen molar-refractivity contribution in [3.63, 3.8) is 0 Å². The average molecular weight is 978 g/mol. The first-order chi connectivity index (χ1) is 35.4. The molecule has 0 fully saturated rings. The molecule has 0 amide bonds. The topological polar surface area (TPSA) is 36.9 Å². The maximum atomic E-state index is 7.17. The van der Waals surface area contributed by atoms with Crippen molar-refractivity contribution >= 4 is 0 Å². The fraction of sp³-hybridized carbons (Fsp3) is 0.529. The molecular weight excluding hydrogens is 881 g/mol. The number of fused-ring (bicyclic) bond motifs is 8. The highest BCUT2D eigenvalue weighted by molar-refractivity contribution is 5.59. The van der Waals surface area contributed by atoms with Crippen molar-refractivity contribution in [2.75, 3.05) is 26.4 Å². The number of hydrogen-bond donors (Lipinski definition) is 0. The van der Waals surface area contributed by atoms with Crippen molar-refractivity contribution in [1.29, 1.82) is 0 Å². The minimum absolute atomic E-state index is 0.679. The zero-order valence-corrected chi connectivity index (χ0v) is 46.0. The first kappa shape index (κ1) is 57.9. The molecule has 4 nitrogen and oxygen atoms in total. The Morgan fingerprint density at radius 3 is 0.639 bits per heavy atom. The summed E-state index contributed by atoms with van der Waals surface area (Å²) >= 11 is 0. The van der Waals surface area contributed by atoms with E-state index in [4.69, 9.17) is 18.9 Å². The molecule has 0 atom stereocenters. The largest absolute Gasteiger partial charge is 0.493 e. The Morgan fingerprint density at radius 2 is 0.472 bits per heavy atom. The molecular formula is C68H96O4. The fourth-order valence-electron chi connectivity index (χ4n) is 10.6. The van der Waals surface area contributed by atoms with Gasteiger partial charge >= 0.3 is 0 Å². The van der Waals surface area contributed by atoms with Crippen LogP contribution in [0, 0.1) is 0 Å². The van der Waals surface area contributed by atoms with E-state index in [9.17, 15) is 0 Å². The summed E-state index contributed by atoms with van der Waals surface area (Å²) in [6.07, 6.45) is 37.6. The molecule has 0 radical (unpaired) electrons. The molecule has 0 aromatic heterocycles. The van der Waals surface area contributed by atoms with E-state index in [1.54, 1.807) is 0 Å². The van der Waals surface area contributed by atoms with Gasteiger partial charge in [-0.3, -0.25) is 0 Å². The number of benzene rings is 4. The van der Waals surface area contributed by atoms with Crippen LogP contribution in [-0.2, 0) is 51.4 Å². The van der Waals surface area contributed by atoms with Crippen LogP contribution >= 0.6 is 0 Å². The summed E-state index contributed by atoms with van der Waals surface area (Å²) in [4.78, 5) is 0. The van der Waals surface area contributed by atoms with Crippen LogP contribution in [0.3, 0.4) is 0 Å². The number of hydrogen-bond acceptors (Lipinski definition) is 4. The summed E-state index contributed by atoms with van der Waals surface area (Å²) in [7, 11) is 0. The summed E-state index contributed by atoms with van der Waals surface area (Å²) in [6, 6.07) is 19.1. The Bertz CT molecular complexity index is 1850. The number of ether oxygens (including phenoxy) is 4.